The van der Waals surface area contributed by atoms with Crippen LogP contribution in [-0.4, -0.2) is 55.9 Å². The molecular formula is C16H31N3O2. The minimum atomic E-state index is -0.0703. The minimum Gasteiger partial charge on any atom is -0.380 e. The van der Waals surface area contributed by atoms with Crippen molar-refractivity contribution in [3.8, 4) is 0 Å². The average Bonchev–Trinajstić information content (AvgIpc) is 3.10. The molecule has 1 saturated carbocycles. The summed E-state index contributed by atoms with van der Waals surface area (Å²) in [6.45, 7) is 7.26. The fourth-order valence-electron chi connectivity index (χ4n) is 3.43. The van der Waals surface area contributed by atoms with E-state index in [-0.39, 0.29) is 24.2 Å². The molecule has 21 heavy (non-hydrogen) atoms. The predicted molar refractivity (Wildman–Crippen MR) is 84.4 cm³/mol. The summed E-state index contributed by atoms with van der Waals surface area (Å²) in [5, 5.41) is 6.05. The van der Waals surface area contributed by atoms with Gasteiger partial charge in [-0.1, -0.05) is 12.8 Å². The highest BCUT2D eigenvalue weighted by molar-refractivity contribution is 5.74. The fourth-order valence-corrected chi connectivity index (χ4v) is 3.43. The number of amides is 2. The molecule has 1 aliphatic carbocycles. The van der Waals surface area contributed by atoms with E-state index < -0.39 is 0 Å². The molecule has 0 spiro atoms. The molecule has 3 atom stereocenters. The van der Waals surface area contributed by atoms with Gasteiger partial charge in [0.1, 0.15) is 0 Å². The van der Waals surface area contributed by atoms with Crippen molar-refractivity contribution in [3.05, 3.63) is 0 Å². The Hall–Kier alpha value is -0.810. The van der Waals surface area contributed by atoms with Crippen LogP contribution < -0.4 is 10.6 Å². The maximum Gasteiger partial charge on any atom is 0.315 e. The van der Waals surface area contributed by atoms with Gasteiger partial charge in [-0.25, -0.2) is 4.79 Å². The van der Waals surface area contributed by atoms with Crippen molar-refractivity contribution in [2.24, 2.45) is 5.92 Å². The first kappa shape index (κ1) is 16.6. The van der Waals surface area contributed by atoms with Crippen LogP contribution in [0, 0.1) is 5.92 Å². The Labute approximate surface area is 128 Å². The monoisotopic (exact) mass is 297 g/mol. The summed E-state index contributed by atoms with van der Waals surface area (Å²) in [6.07, 6.45) is 6.67. The Morgan fingerprint density at radius 3 is 2.67 bits per heavy atom. The topological polar surface area (TPSA) is 53.6 Å². The summed E-state index contributed by atoms with van der Waals surface area (Å²) in [5.41, 5.74) is 0. The third-order valence-electron chi connectivity index (χ3n) is 5.03. The number of hydrogen-bond acceptors (Lipinski definition) is 3. The Morgan fingerprint density at radius 1 is 1.29 bits per heavy atom. The minimum absolute atomic E-state index is 0.0194. The lowest BCUT2D eigenvalue weighted by Crippen LogP contribution is -2.49. The fraction of sp³-hybridized carbons (Fsp3) is 0.938. The molecule has 0 aromatic rings. The zero-order valence-corrected chi connectivity index (χ0v) is 13.7. The van der Waals surface area contributed by atoms with Gasteiger partial charge in [0.05, 0.1) is 12.1 Å². The molecule has 2 fully saturated rings. The van der Waals surface area contributed by atoms with Gasteiger partial charge in [0.15, 0.2) is 0 Å². The van der Waals surface area contributed by atoms with Crippen LogP contribution in [0.3, 0.4) is 0 Å². The van der Waals surface area contributed by atoms with Crippen molar-refractivity contribution in [1.29, 1.82) is 0 Å². The SMILES string of the molecule is CO[C@H](C)[C@H](C)NC(=O)N[C@@H]1CCN(CC2CCCC2)C1. The number of methoxy groups -OCH3 is 1. The summed E-state index contributed by atoms with van der Waals surface area (Å²) in [6, 6.07) is 0.238. The first-order chi connectivity index (χ1) is 10.1. The molecule has 0 aromatic carbocycles. The van der Waals surface area contributed by atoms with Crippen LogP contribution >= 0.6 is 0 Å². The highest BCUT2D eigenvalue weighted by Gasteiger charge is 2.27. The largest absolute Gasteiger partial charge is 0.380 e. The van der Waals surface area contributed by atoms with Crippen molar-refractivity contribution < 1.29 is 9.53 Å². The highest BCUT2D eigenvalue weighted by Crippen LogP contribution is 2.26. The van der Waals surface area contributed by atoms with Crippen LogP contribution in [-0.2, 0) is 4.74 Å². The number of carbonyl (C=O) groups is 1. The summed E-state index contributed by atoms with van der Waals surface area (Å²) in [4.78, 5) is 14.5. The normalized spacial score (nSPS) is 26.7. The number of hydrogen-bond donors (Lipinski definition) is 2. The van der Waals surface area contributed by atoms with E-state index in [2.05, 4.69) is 15.5 Å². The molecule has 1 heterocycles. The molecule has 5 heteroatoms. The van der Waals surface area contributed by atoms with Crippen molar-refractivity contribution >= 4 is 6.03 Å². The zero-order valence-electron chi connectivity index (χ0n) is 13.7. The quantitative estimate of drug-likeness (QED) is 0.788. The third kappa shape index (κ3) is 5.15. The van der Waals surface area contributed by atoms with Gasteiger partial charge in [0, 0.05) is 32.8 Å². The van der Waals surface area contributed by atoms with E-state index >= 15 is 0 Å². The van der Waals surface area contributed by atoms with Crippen LogP contribution in [0.1, 0.15) is 46.0 Å². The lowest BCUT2D eigenvalue weighted by Gasteiger charge is -2.22. The van der Waals surface area contributed by atoms with Gasteiger partial charge in [-0.05, 0) is 39.0 Å². The highest BCUT2D eigenvalue weighted by atomic mass is 16.5. The molecule has 2 amide bonds. The molecule has 122 valence electrons. The van der Waals surface area contributed by atoms with E-state index in [1.807, 2.05) is 13.8 Å². The van der Waals surface area contributed by atoms with E-state index in [0.29, 0.717) is 0 Å². The van der Waals surface area contributed by atoms with Crippen LogP contribution in [0.25, 0.3) is 0 Å². The number of likely N-dealkylation sites (tertiary alicyclic amines) is 1. The van der Waals surface area contributed by atoms with Gasteiger partial charge in [0.25, 0.3) is 0 Å². The zero-order chi connectivity index (χ0) is 15.2. The van der Waals surface area contributed by atoms with Crippen LogP contribution in [0.2, 0.25) is 0 Å². The predicted octanol–water partition coefficient (Wildman–Crippen LogP) is 1.97. The first-order valence-corrected chi connectivity index (χ1v) is 8.40. The summed E-state index contributed by atoms with van der Waals surface area (Å²) in [5.74, 6) is 0.889. The number of nitrogens with zero attached hydrogens (tertiary/aromatic N) is 1. The van der Waals surface area contributed by atoms with E-state index in [1.54, 1.807) is 7.11 Å². The third-order valence-corrected chi connectivity index (χ3v) is 5.03. The standard InChI is InChI=1S/C16H31N3O2/c1-12(13(2)21-3)17-16(20)18-15-8-9-19(11-15)10-14-6-4-5-7-14/h12-15H,4-11H2,1-3H3,(H2,17,18,20)/t12-,13+,15+/m0/s1. The Kier molecular flexibility index (Phi) is 6.30. The van der Waals surface area contributed by atoms with Gasteiger partial charge >= 0.3 is 6.03 Å². The molecule has 0 unspecified atom stereocenters. The summed E-state index contributed by atoms with van der Waals surface area (Å²) < 4.78 is 5.22. The van der Waals surface area contributed by atoms with Crippen LogP contribution in [0.5, 0.6) is 0 Å². The second-order valence-corrected chi connectivity index (χ2v) is 6.74. The van der Waals surface area contributed by atoms with Gasteiger partial charge in [-0.15, -0.1) is 0 Å². The number of carbonyl (C=O) groups excluding carboxylic acids is 1. The first-order valence-electron chi connectivity index (χ1n) is 8.40. The maximum absolute atomic E-state index is 12.0. The molecule has 2 aliphatic rings. The van der Waals surface area contributed by atoms with Crippen molar-refractivity contribution in [1.82, 2.24) is 15.5 Å². The molecule has 2 N–H and O–H groups in total. The van der Waals surface area contributed by atoms with E-state index in [1.165, 1.54) is 32.2 Å². The lowest BCUT2D eigenvalue weighted by molar-refractivity contribution is 0.0910. The summed E-state index contributed by atoms with van der Waals surface area (Å²) in [7, 11) is 1.67. The van der Waals surface area contributed by atoms with Gasteiger partial charge in [-0.2, -0.15) is 0 Å². The molecule has 0 radical (unpaired) electrons. The summed E-state index contributed by atoms with van der Waals surface area (Å²) >= 11 is 0. The number of urea groups is 1. The van der Waals surface area contributed by atoms with E-state index in [0.717, 1.165) is 25.4 Å². The average molecular weight is 297 g/mol. The van der Waals surface area contributed by atoms with E-state index in [9.17, 15) is 4.79 Å². The Balaban J connectivity index is 1.66. The lowest BCUT2D eigenvalue weighted by atomic mass is 10.1. The van der Waals surface area contributed by atoms with Crippen LogP contribution in [0.15, 0.2) is 0 Å². The van der Waals surface area contributed by atoms with Gasteiger partial charge in [-0.3, -0.25) is 0 Å². The Bertz CT molecular complexity index is 331. The molecule has 1 aliphatic heterocycles. The van der Waals surface area contributed by atoms with Crippen molar-refractivity contribution in [2.45, 2.75) is 64.1 Å². The van der Waals surface area contributed by atoms with Gasteiger partial charge in [0.2, 0.25) is 0 Å². The van der Waals surface area contributed by atoms with Crippen molar-refractivity contribution in [3.63, 3.8) is 0 Å². The molecule has 2 rings (SSSR count). The number of ether oxygens (including phenoxy) is 1. The molecule has 1 saturated heterocycles. The maximum atomic E-state index is 12.0. The molecule has 5 nitrogen and oxygen atoms in total. The van der Waals surface area contributed by atoms with Crippen molar-refractivity contribution in [2.75, 3.05) is 26.7 Å². The Morgan fingerprint density at radius 2 is 2.00 bits per heavy atom. The molecule has 0 bridgehead atoms. The smallest absolute Gasteiger partial charge is 0.315 e. The molecule has 0 aromatic heterocycles. The van der Waals surface area contributed by atoms with Crippen LogP contribution in [0.4, 0.5) is 4.79 Å². The van der Waals surface area contributed by atoms with E-state index in [4.69, 9.17) is 4.74 Å². The van der Waals surface area contributed by atoms with Gasteiger partial charge < -0.3 is 20.3 Å². The second kappa shape index (κ2) is 7.99. The second-order valence-electron chi connectivity index (χ2n) is 6.74. The number of nitrogens with one attached hydrogen (secondary N) is 2. The molecular weight excluding hydrogens is 266 g/mol. The number of rotatable bonds is 6.